The van der Waals surface area contributed by atoms with E-state index < -0.39 is 0 Å². The maximum absolute atomic E-state index is 13.7. The first-order valence-corrected chi connectivity index (χ1v) is 6.81. The second-order valence-corrected chi connectivity index (χ2v) is 5.53. The Balaban J connectivity index is 1.98. The fraction of sp³-hybridized carbons (Fsp3) is 0.462. The van der Waals surface area contributed by atoms with E-state index in [4.69, 9.17) is 29.6 Å². The molecule has 2 N–H and O–H groups in total. The number of thiocarbonyl (C=S) groups is 1. The van der Waals surface area contributed by atoms with E-state index in [2.05, 4.69) is 4.90 Å². The van der Waals surface area contributed by atoms with Crippen molar-refractivity contribution in [2.75, 3.05) is 13.1 Å². The Hall–Kier alpha value is -0.710. The minimum atomic E-state index is -0.237. The average molecular weight is 287 g/mol. The molecule has 1 heterocycles. The van der Waals surface area contributed by atoms with Crippen LogP contribution in [0, 0.1) is 11.7 Å². The third-order valence-electron chi connectivity index (χ3n) is 3.43. The molecular weight excluding hydrogens is 271 g/mol. The van der Waals surface area contributed by atoms with Gasteiger partial charge in [0.2, 0.25) is 0 Å². The molecule has 1 aromatic rings. The Morgan fingerprint density at radius 3 is 2.67 bits per heavy atom. The molecular formula is C13H16ClFN2S. The molecule has 2 rings (SSSR count). The number of nitrogens with zero attached hydrogens (tertiary/aromatic N) is 1. The second-order valence-electron chi connectivity index (χ2n) is 4.65. The predicted molar refractivity (Wildman–Crippen MR) is 76.2 cm³/mol. The molecule has 1 saturated heterocycles. The van der Waals surface area contributed by atoms with Gasteiger partial charge in [0.1, 0.15) is 5.82 Å². The highest BCUT2D eigenvalue weighted by molar-refractivity contribution is 7.80. The molecule has 18 heavy (non-hydrogen) atoms. The van der Waals surface area contributed by atoms with E-state index in [-0.39, 0.29) is 5.82 Å². The summed E-state index contributed by atoms with van der Waals surface area (Å²) in [6.07, 6.45) is 1.89. The molecule has 1 fully saturated rings. The lowest BCUT2D eigenvalue weighted by molar-refractivity contribution is 0.200. The van der Waals surface area contributed by atoms with Crippen molar-refractivity contribution < 1.29 is 4.39 Å². The van der Waals surface area contributed by atoms with E-state index in [0.29, 0.717) is 28.0 Å². The van der Waals surface area contributed by atoms with Crippen molar-refractivity contribution >= 4 is 28.8 Å². The third-order valence-corrected chi connectivity index (χ3v) is 4.12. The van der Waals surface area contributed by atoms with Gasteiger partial charge in [-0.05, 0) is 38.1 Å². The Morgan fingerprint density at radius 1 is 1.44 bits per heavy atom. The number of halogens is 2. The van der Waals surface area contributed by atoms with Gasteiger partial charge in [0.25, 0.3) is 0 Å². The van der Waals surface area contributed by atoms with E-state index in [9.17, 15) is 4.39 Å². The van der Waals surface area contributed by atoms with E-state index in [1.54, 1.807) is 12.1 Å². The van der Waals surface area contributed by atoms with Gasteiger partial charge in [-0.25, -0.2) is 4.39 Å². The van der Waals surface area contributed by atoms with Crippen molar-refractivity contribution in [3.63, 3.8) is 0 Å². The molecule has 98 valence electrons. The highest BCUT2D eigenvalue weighted by Gasteiger charge is 2.22. The maximum Gasteiger partial charge on any atom is 0.129 e. The average Bonchev–Trinajstić information content (AvgIpc) is 2.34. The monoisotopic (exact) mass is 286 g/mol. The van der Waals surface area contributed by atoms with Crippen LogP contribution in [0.1, 0.15) is 18.4 Å². The first-order chi connectivity index (χ1) is 8.58. The number of benzene rings is 1. The molecule has 0 spiro atoms. The number of hydrogen-bond acceptors (Lipinski definition) is 2. The van der Waals surface area contributed by atoms with Crippen molar-refractivity contribution in [1.29, 1.82) is 0 Å². The quantitative estimate of drug-likeness (QED) is 0.866. The number of nitrogens with two attached hydrogens (primary N) is 1. The van der Waals surface area contributed by atoms with E-state index in [1.807, 2.05) is 0 Å². The molecule has 1 aliphatic rings. The van der Waals surface area contributed by atoms with Crippen molar-refractivity contribution in [2.24, 2.45) is 11.7 Å². The maximum atomic E-state index is 13.7. The first-order valence-electron chi connectivity index (χ1n) is 6.02. The normalized spacial score (nSPS) is 17.9. The van der Waals surface area contributed by atoms with Crippen molar-refractivity contribution in [2.45, 2.75) is 19.4 Å². The summed E-state index contributed by atoms with van der Waals surface area (Å²) in [7, 11) is 0. The second kappa shape index (κ2) is 5.95. The van der Waals surface area contributed by atoms with Crippen LogP contribution < -0.4 is 5.73 Å². The summed E-state index contributed by atoms with van der Waals surface area (Å²) in [5, 5.41) is 0.492. The fourth-order valence-electron chi connectivity index (χ4n) is 2.28. The molecule has 5 heteroatoms. The Labute approximate surface area is 117 Å². The Kier molecular flexibility index (Phi) is 4.54. The van der Waals surface area contributed by atoms with E-state index in [1.165, 1.54) is 6.07 Å². The lowest BCUT2D eigenvalue weighted by Crippen LogP contribution is -2.37. The summed E-state index contributed by atoms with van der Waals surface area (Å²) in [5.41, 5.74) is 6.22. The van der Waals surface area contributed by atoms with Crippen molar-refractivity contribution in [3.05, 3.63) is 34.6 Å². The van der Waals surface area contributed by atoms with Gasteiger partial charge in [-0.15, -0.1) is 0 Å². The van der Waals surface area contributed by atoms with Crippen LogP contribution in [-0.4, -0.2) is 23.0 Å². The highest BCUT2D eigenvalue weighted by atomic mass is 35.5. The summed E-state index contributed by atoms with van der Waals surface area (Å²) in [6.45, 7) is 2.31. The molecule has 0 saturated carbocycles. The molecule has 2 nitrogen and oxygen atoms in total. The van der Waals surface area contributed by atoms with Crippen LogP contribution in [0.15, 0.2) is 18.2 Å². The lowest BCUT2D eigenvalue weighted by atomic mass is 9.96. The van der Waals surface area contributed by atoms with Gasteiger partial charge in [0.05, 0.1) is 4.99 Å². The minimum Gasteiger partial charge on any atom is -0.393 e. The lowest BCUT2D eigenvalue weighted by Gasteiger charge is -2.31. The van der Waals surface area contributed by atoms with Crippen LogP contribution in [0.5, 0.6) is 0 Å². The number of rotatable bonds is 3. The number of hydrogen-bond donors (Lipinski definition) is 1. The zero-order chi connectivity index (χ0) is 13.1. The zero-order valence-corrected chi connectivity index (χ0v) is 11.6. The minimum absolute atomic E-state index is 0.237. The fourth-order valence-corrected chi connectivity index (χ4v) is 2.74. The van der Waals surface area contributed by atoms with Gasteiger partial charge >= 0.3 is 0 Å². The first kappa shape index (κ1) is 13.7. The van der Waals surface area contributed by atoms with Crippen LogP contribution in [0.3, 0.4) is 0 Å². The van der Waals surface area contributed by atoms with Crippen LogP contribution in [0.2, 0.25) is 5.02 Å². The van der Waals surface area contributed by atoms with Crippen LogP contribution in [0.4, 0.5) is 4.39 Å². The highest BCUT2D eigenvalue weighted by Crippen LogP contribution is 2.24. The molecule has 1 aliphatic heterocycles. The van der Waals surface area contributed by atoms with Crippen LogP contribution in [-0.2, 0) is 6.54 Å². The predicted octanol–water partition coefficient (Wildman–Crippen LogP) is 2.98. The number of piperidine rings is 1. The summed E-state index contributed by atoms with van der Waals surface area (Å²) in [6, 6.07) is 4.80. The van der Waals surface area contributed by atoms with Crippen molar-refractivity contribution in [1.82, 2.24) is 4.90 Å². The molecule has 0 atom stereocenters. The van der Waals surface area contributed by atoms with Gasteiger partial charge in [0.15, 0.2) is 0 Å². The smallest absolute Gasteiger partial charge is 0.129 e. The third kappa shape index (κ3) is 3.19. The topological polar surface area (TPSA) is 29.3 Å². The molecule has 0 aliphatic carbocycles. The summed E-state index contributed by atoms with van der Waals surface area (Å²) in [4.78, 5) is 2.79. The standard InChI is InChI=1S/C13H16ClFN2S/c14-11-2-1-3-12(15)10(11)8-17-6-4-9(5-7-17)13(16)18/h1-3,9H,4-8H2,(H2,16,18). The van der Waals surface area contributed by atoms with E-state index in [0.717, 1.165) is 25.9 Å². The molecule has 0 bridgehead atoms. The van der Waals surface area contributed by atoms with Gasteiger partial charge < -0.3 is 5.73 Å². The Bertz CT molecular complexity index is 424. The van der Waals surface area contributed by atoms with Gasteiger partial charge in [-0.3, -0.25) is 4.90 Å². The summed E-state index contributed by atoms with van der Waals surface area (Å²) in [5.74, 6) is 0.0892. The molecule has 0 unspecified atom stereocenters. The van der Waals surface area contributed by atoms with Gasteiger partial charge in [-0.1, -0.05) is 29.9 Å². The van der Waals surface area contributed by atoms with E-state index >= 15 is 0 Å². The Morgan fingerprint density at radius 2 is 2.11 bits per heavy atom. The summed E-state index contributed by atoms with van der Waals surface area (Å²) >= 11 is 11.0. The molecule has 0 aromatic heterocycles. The van der Waals surface area contributed by atoms with Gasteiger partial charge in [0, 0.05) is 23.0 Å². The largest absolute Gasteiger partial charge is 0.393 e. The SMILES string of the molecule is NC(=S)C1CCN(Cc2c(F)cccc2Cl)CC1. The molecule has 0 radical (unpaired) electrons. The molecule has 0 amide bonds. The van der Waals surface area contributed by atoms with Crippen LogP contribution >= 0.6 is 23.8 Å². The van der Waals surface area contributed by atoms with Gasteiger partial charge in [-0.2, -0.15) is 0 Å². The number of likely N-dealkylation sites (tertiary alicyclic amines) is 1. The zero-order valence-electron chi connectivity index (χ0n) is 10.0. The molecule has 1 aromatic carbocycles. The summed E-state index contributed by atoms with van der Waals surface area (Å²) < 4.78 is 13.7. The van der Waals surface area contributed by atoms with Crippen LogP contribution in [0.25, 0.3) is 0 Å². The van der Waals surface area contributed by atoms with Crippen molar-refractivity contribution in [3.8, 4) is 0 Å².